The summed E-state index contributed by atoms with van der Waals surface area (Å²) in [5, 5.41) is 0. The smallest absolute Gasteiger partial charge is 0.269 e. The molecule has 2 aromatic carbocycles. The van der Waals surface area contributed by atoms with E-state index in [1.165, 1.54) is 16.4 Å². The predicted octanol–water partition coefficient (Wildman–Crippen LogP) is 1.40. The molecular weight excluding hydrogens is 394 g/mol. The Bertz CT molecular complexity index is 1030. The van der Waals surface area contributed by atoms with E-state index < -0.39 is 21.8 Å². The number of hydrogen-bond acceptors (Lipinski definition) is 5. The lowest BCUT2D eigenvalue weighted by Crippen LogP contribution is -2.42. The topological polar surface area (TPSA) is 105 Å². The molecule has 0 unspecified atom stereocenters. The van der Waals surface area contributed by atoms with Crippen LogP contribution in [-0.2, 0) is 14.8 Å². The summed E-state index contributed by atoms with van der Waals surface area (Å²) in [5.41, 5.74) is 6.57. The number of nitrogens with zero attached hydrogens (tertiary/aromatic N) is 1. The maximum Gasteiger partial charge on any atom is 0.269 e. The van der Waals surface area contributed by atoms with Gasteiger partial charge in [0.2, 0.25) is 10.0 Å². The Kier molecular flexibility index (Phi) is 6.31. The molecule has 2 aromatic rings. The van der Waals surface area contributed by atoms with Crippen molar-refractivity contribution in [3.63, 3.8) is 0 Å². The number of aryl methyl sites for hydroxylation is 2. The molecule has 0 aromatic heterocycles. The summed E-state index contributed by atoms with van der Waals surface area (Å²) in [7, 11) is -3.74. The summed E-state index contributed by atoms with van der Waals surface area (Å²) in [5.74, 6) is -1.06. The van der Waals surface area contributed by atoms with Crippen molar-refractivity contribution in [1.29, 1.82) is 0 Å². The zero-order valence-electron chi connectivity index (χ0n) is 16.3. The van der Waals surface area contributed by atoms with Crippen LogP contribution < -0.4 is 10.9 Å². The molecule has 0 bridgehead atoms. The first-order chi connectivity index (χ1) is 13.8. The number of amides is 2. The van der Waals surface area contributed by atoms with E-state index in [0.717, 1.165) is 5.56 Å². The van der Waals surface area contributed by atoms with Gasteiger partial charge in [0.1, 0.15) is 0 Å². The molecule has 1 aliphatic heterocycles. The normalized spacial score (nSPS) is 15.0. The van der Waals surface area contributed by atoms with Crippen LogP contribution in [0.15, 0.2) is 47.4 Å². The lowest BCUT2D eigenvalue weighted by atomic mass is 10.1. The van der Waals surface area contributed by atoms with Crippen LogP contribution in [-0.4, -0.2) is 50.8 Å². The highest BCUT2D eigenvalue weighted by Gasteiger charge is 2.28. The Balaban J connectivity index is 1.76. The molecule has 0 spiro atoms. The molecule has 1 fully saturated rings. The van der Waals surface area contributed by atoms with E-state index in [0.29, 0.717) is 24.3 Å². The Morgan fingerprint density at radius 1 is 0.931 bits per heavy atom. The lowest BCUT2D eigenvalue weighted by molar-refractivity contribution is 0.0730. The first-order valence-electron chi connectivity index (χ1n) is 9.15. The SMILES string of the molecule is Cc1ccccc1C(=O)NNC(=O)c1ccc(C)c(S(=O)(=O)N2CCOCC2)c1. The summed E-state index contributed by atoms with van der Waals surface area (Å²) in [6.45, 7) is 4.68. The minimum absolute atomic E-state index is 0.0669. The van der Waals surface area contributed by atoms with E-state index in [9.17, 15) is 18.0 Å². The maximum atomic E-state index is 12.9. The number of sulfonamides is 1. The quantitative estimate of drug-likeness (QED) is 0.732. The molecule has 2 N–H and O–H groups in total. The number of hydrazine groups is 1. The second-order valence-electron chi connectivity index (χ2n) is 6.72. The van der Waals surface area contributed by atoms with Crippen LogP contribution in [0, 0.1) is 13.8 Å². The Labute approximate surface area is 169 Å². The van der Waals surface area contributed by atoms with Crippen molar-refractivity contribution in [3.8, 4) is 0 Å². The molecule has 0 radical (unpaired) electrons. The van der Waals surface area contributed by atoms with Gasteiger partial charge in [0, 0.05) is 24.2 Å². The number of morpholine rings is 1. The molecule has 1 saturated heterocycles. The number of nitrogens with one attached hydrogen (secondary N) is 2. The van der Waals surface area contributed by atoms with Crippen LogP contribution in [0.4, 0.5) is 0 Å². The van der Waals surface area contributed by atoms with Crippen molar-refractivity contribution in [2.45, 2.75) is 18.7 Å². The summed E-state index contributed by atoms with van der Waals surface area (Å²) >= 11 is 0. The van der Waals surface area contributed by atoms with Gasteiger partial charge in [0.15, 0.2) is 0 Å². The average molecular weight is 417 g/mol. The third kappa shape index (κ3) is 4.64. The van der Waals surface area contributed by atoms with Crippen LogP contribution in [0.3, 0.4) is 0 Å². The highest BCUT2D eigenvalue weighted by atomic mass is 32.2. The first-order valence-corrected chi connectivity index (χ1v) is 10.6. The average Bonchev–Trinajstić information content (AvgIpc) is 2.73. The van der Waals surface area contributed by atoms with Gasteiger partial charge < -0.3 is 4.74 Å². The van der Waals surface area contributed by atoms with E-state index in [-0.39, 0.29) is 23.5 Å². The van der Waals surface area contributed by atoms with E-state index in [4.69, 9.17) is 4.74 Å². The highest BCUT2D eigenvalue weighted by molar-refractivity contribution is 7.89. The van der Waals surface area contributed by atoms with Gasteiger partial charge in [0.05, 0.1) is 18.1 Å². The molecule has 9 heteroatoms. The van der Waals surface area contributed by atoms with Crippen molar-refractivity contribution in [1.82, 2.24) is 15.2 Å². The molecule has 2 amide bonds. The summed E-state index contributed by atoms with van der Waals surface area (Å²) in [6.07, 6.45) is 0. The fourth-order valence-electron chi connectivity index (χ4n) is 3.03. The van der Waals surface area contributed by atoms with Crippen LogP contribution in [0.2, 0.25) is 0 Å². The van der Waals surface area contributed by atoms with Crippen LogP contribution in [0.5, 0.6) is 0 Å². The number of carbonyl (C=O) groups is 2. The molecule has 3 rings (SSSR count). The fraction of sp³-hybridized carbons (Fsp3) is 0.300. The molecule has 8 nitrogen and oxygen atoms in total. The monoisotopic (exact) mass is 417 g/mol. The number of ether oxygens (including phenoxy) is 1. The molecule has 29 heavy (non-hydrogen) atoms. The molecule has 0 aliphatic carbocycles. The highest BCUT2D eigenvalue weighted by Crippen LogP contribution is 2.22. The minimum Gasteiger partial charge on any atom is -0.379 e. The van der Waals surface area contributed by atoms with E-state index in [1.807, 2.05) is 6.07 Å². The first kappa shape index (κ1) is 21.0. The Morgan fingerprint density at radius 2 is 1.59 bits per heavy atom. The van der Waals surface area contributed by atoms with E-state index in [2.05, 4.69) is 10.9 Å². The minimum atomic E-state index is -3.74. The molecule has 154 valence electrons. The van der Waals surface area contributed by atoms with Gasteiger partial charge in [-0.2, -0.15) is 4.31 Å². The summed E-state index contributed by atoms with van der Waals surface area (Å²) < 4.78 is 32.4. The van der Waals surface area contributed by atoms with Gasteiger partial charge in [0.25, 0.3) is 11.8 Å². The summed E-state index contributed by atoms with van der Waals surface area (Å²) in [4.78, 5) is 24.8. The van der Waals surface area contributed by atoms with Gasteiger partial charge in [-0.05, 0) is 43.2 Å². The van der Waals surface area contributed by atoms with Gasteiger partial charge in [-0.15, -0.1) is 0 Å². The Morgan fingerprint density at radius 3 is 2.28 bits per heavy atom. The van der Waals surface area contributed by atoms with Crippen LogP contribution >= 0.6 is 0 Å². The second-order valence-corrected chi connectivity index (χ2v) is 8.63. The summed E-state index contributed by atoms with van der Waals surface area (Å²) in [6, 6.07) is 11.4. The van der Waals surface area contributed by atoms with Crippen LogP contribution in [0.25, 0.3) is 0 Å². The maximum absolute atomic E-state index is 12.9. The van der Waals surface area contributed by atoms with Gasteiger partial charge in [-0.25, -0.2) is 8.42 Å². The van der Waals surface area contributed by atoms with Crippen molar-refractivity contribution < 1.29 is 22.7 Å². The lowest BCUT2D eigenvalue weighted by Gasteiger charge is -2.26. The fourth-order valence-corrected chi connectivity index (χ4v) is 4.68. The number of rotatable bonds is 4. The largest absolute Gasteiger partial charge is 0.379 e. The van der Waals surface area contributed by atoms with Gasteiger partial charge in [-0.3, -0.25) is 20.4 Å². The zero-order chi connectivity index (χ0) is 21.0. The molecule has 1 aliphatic rings. The van der Waals surface area contributed by atoms with Gasteiger partial charge in [-0.1, -0.05) is 24.3 Å². The number of benzene rings is 2. The van der Waals surface area contributed by atoms with E-state index in [1.54, 1.807) is 38.1 Å². The van der Waals surface area contributed by atoms with Crippen molar-refractivity contribution >= 4 is 21.8 Å². The number of hydrogen-bond donors (Lipinski definition) is 2. The van der Waals surface area contributed by atoms with Crippen molar-refractivity contribution in [2.24, 2.45) is 0 Å². The molecule has 0 saturated carbocycles. The predicted molar refractivity (Wildman–Crippen MR) is 107 cm³/mol. The van der Waals surface area contributed by atoms with Gasteiger partial charge >= 0.3 is 0 Å². The molecule has 1 heterocycles. The van der Waals surface area contributed by atoms with Crippen LogP contribution in [0.1, 0.15) is 31.8 Å². The van der Waals surface area contributed by atoms with E-state index >= 15 is 0 Å². The molecular formula is C20H23N3O5S. The van der Waals surface area contributed by atoms with Crippen molar-refractivity contribution in [2.75, 3.05) is 26.3 Å². The third-order valence-electron chi connectivity index (χ3n) is 4.72. The Hall–Kier alpha value is -2.75. The second kappa shape index (κ2) is 8.73. The third-order valence-corrected chi connectivity index (χ3v) is 6.76. The zero-order valence-corrected chi connectivity index (χ0v) is 17.1. The van der Waals surface area contributed by atoms with Crippen molar-refractivity contribution in [3.05, 3.63) is 64.7 Å². The number of carbonyl (C=O) groups excluding carboxylic acids is 2. The molecule has 0 atom stereocenters. The standard InChI is InChI=1S/C20H23N3O5S/c1-14-5-3-4-6-17(14)20(25)22-21-19(24)16-8-7-15(2)18(13-16)29(26,27)23-9-11-28-12-10-23/h3-8,13H,9-12H2,1-2H3,(H,21,24)(H,22,25).